The molecule has 0 saturated heterocycles. The Balaban J connectivity index is 0.00000225. The summed E-state index contributed by atoms with van der Waals surface area (Å²) in [5.74, 6) is 2.97. The molecule has 156 valence electrons. The third kappa shape index (κ3) is 4.25. The summed E-state index contributed by atoms with van der Waals surface area (Å²) in [6.45, 7) is 6.11. The van der Waals surface area contributed by atoms with Gasteiger partial charge < -0.3 is 20.5 Å². The van der Waals surface area contributed by atoms with E-state index in [0.29, 0.717) is 37.6 Å². The number of carbonyl (C=O) groups is 1. The number of hydrogen-bond acceptors (Lipinski definition) is 4. The first-order valence-corrected chi connectivity index (χ1v) is 10.4. The number of hydrogen-bond donors (Lipinski definition) is 2. The lowest BCUT2D eigenvalue weighted by molar-refractivity contribution is -0.128. The first-order valence-electron chi connectivity index (χ1n) is 10.4. The Morgan fingerprint density at radius 1 is 1.14 bits per heavy atom. The fourth-order valence-electron chi connectivity index (χ4n) is 5.02. The zero-order chi connectivity index (χ0) is 19.0. The molecule has 2 aliphatic carbocycles. The Labute approximate surface area is 174 Å². The number of halogens is 1. The molecule has 2 atom stereocenters. The van der Waals surface area contributed by atoms with Gasteiger partial charge in [0.15, 0.2) is 11.5 Å². The van der Waals surface area contributed by atoms with Gasteiger partial charge in [-0.2, -0.15) is 0 Å². The van der Waals surface area contributed by atoms with Gasteiger partial charge in [-0.25, -0.2) is 0 Å². The normalized spacial score (nSPS) is 28.8. The number of nitrogens with two attached hydrogens (primary N) is 1. The summed E-state index contributed by atoms with van der Waals surface area (Å²) in [5, 5.41) is 3.22. The molecule has 1 heterocycles. The predicted octanol–water partition coefficient (Wildman–Crippen LogP) is 3.43. The molecule has 1 aliphatic heterocycles. The smallest absolute Gasteiger partial charge is 0.223 e. The number of amides is 1. The molecule has 28 heavy (non-hydrogen) atoms. The molecule has 0 spiro atoms. The van der Waals surface area contributed by atoms with Crippen LogP contribution in [0.25, 0.3) is 0 Å². The van der Waals surface area contributed by atoms with Gasteiger partial charge in [0.1, 0.15) is 13.2 Å². The molecule has 2 bridgehead atoms. The minimum Gasteiger partial charge on any atom is -0.486 e. The molecule has 1 aromatic carbocycles. The molecule has 3 N–H and O–H groups in total. The van der Waals surface area contributed by atoms with Crippen molar-refractivity contribution in [3.05, 3.63) is 23.8 Å². The number of carbonyl (C=O) groups excluding carboxylic acids is 1. The van der Waals surface area contributed by atoms with Crippen LogP contribution < -0.4 is 20.5 Å². The van der Waals surface area contributed by atoms with Crippen molar-refractivity contribution in [2.45, 2.75) is 57.4 Å². The van der Waals surface area contributed by atoms with E-state index in [1.165, 1.54) is 19.3 Å². The second kappa shape index (κ2) is 8.50. The zero-order valence-corrected chi connectivity index (χ0v) is 17.7. The molecule has 3 aliphatic rings. The topological polar surface area (TPSA) is 73.6 Å². The van der Waals surface area contributed by atoms with Gasteiger partial charge in [-0.3, -0.25) is 4.79 Å². The summed E-state index contributed by atoms with van der Waals surface area (Å²) in [7, 11) is 0. The third-order valence-corrected chi connectivity index (χ3v) is 6.81. The summed E-state index contributed by atoms with van der Waals surface area (Å²) in [6, 6.07) is 6.39. The predicted molar refractivity (Wildman–Crippen MR) is 112 cm³/mol. The number of rotatable bonds is 4. The quantitative estimate of drug-likeness (QED) is 0.800. The van der Waals surface area contributed by atoms with Crippen molar-refractivity contribution < 1.29 is 14.3 Å². The molecule has 1 amide bonds. The molecule has 6 heteroatoms. The average Bonchev–Trinajstić information content (AvgIpc) is 2.65. The molecule has 4 rings (SSSR count). The molecule has 1 aromatic rings. The SMILES string of the molecule is CC(C)(CNC(=O)C1CC2CCCC(C1)C2N)c1ccc2c(c1)OCCO2.Cl. The summed E-state index contributed by atoms with van der Waals surface area (Å²) in [5.41, 5.74) is 7.34. The van der Waals surface area contributed by atoms with Crippen LogP contribution in [0.5, 0.6) is 11.5 Å². The van der Waals surface area contributed by atoms with Gasteiger partial charge in [-0.05, 0) is 55.2 Å². The lowest BCUT2D eigenvalue weighted by Crippen LogP contribution is -2.50. The van der Waals surface area contributed by atoms with Crippen LogP contribution in [0.15, 0.2) is 18.2 Å². The molecule has 0 aromatic heterocycles. The van der Waals surface area contributed by atoms with E-state index in [1.807, 2.05) is 12.1 Å². The van der Waals surface area contributed by atoms with Gasteiger partial charge in [-0.1, -0.05) is 26.3 Å². The second-order valence-corrected chi connectivity index (χ2v) is 9.16. The van der Waals surface area contributed by atoms with E-state index >= 15 is 0 Å². The van der Waals surface area contributed by atoms with E-state index in [4.69, 9.17) is 15.2 Å². The highest BCUT2D eigenvalue weighted by Crippen LogP contribution is 2.42. The highest BCUT2D eigenvalue weighted by molar-refractivity contribution is 5.85. The van der Waals surface area contributed by atoms with Crippen LogP contribution in [0.3, 0.4) is 0 Å². The maximum Gasteiger partial charge on any atom is 0.223 e. The molecule has 5 nitrogen and oxygen atoms in total. The first-order chi connectivity index (χ1) is 12.9. The molecule has 2 unspecified atom stereocenters. The standard InChI is InChI=1S/C22H32N2O3.ClH/c1-22(2,17-6-7-18-19(12-17)27-9-8-26-18)13-24-21(25)16-10-14-4-3-5-15(11-16)20(14)23;/h6-7,12,14-16,20H,3-5,8-11,13,23H2,1-2H3,(H,24,25);1H. The molecule has 2 fully saturated rings. The van der Waals surface area contributed by atoms with Crippen LogP contribution in [-0.2, 0) is 10.2 Å². The van der Waals surface area contributed by atoms with Gasteiger partial charge in [-0.15, -0.1) is 12.4 Å². The highest BCUT2D eigenvalue weighted by Gasteiger charge is 2.40. The monoisotopic (exact) mass is 408 g/mol. The van der Waals surface area contributed by atoms with Crippen LogP contribution in [-0.4, -0.2) is 31.7 Å². The lowest BCUT2D eigenvalue weighted by atomic mass is 9.65. The van der Waals surface area contributed by atoms with Gasteiger partial charge in [0.25, 0.3) is 0 Å². The third-order valence-electron chi connectivity index (χ3n) is 6.81. The zero-order valence-electron chi connectivity index (χ0n) is 16.9. The summed E-state index contributed by atoms with van der Waals surface area (Å²) in [6.07, 6.45) is 5.55. The van der Waals surface area contributed by atoms with E-state index in [-0.39, 0.29) is 29.6 Å². The summed E-state index contributed by atoms with van der Waals surface area (Å²) in [4.78, 5) is 12.8. The maximum atomic E-state index is 12.8. The second-order valence-electron chi connectivity index (χ2n) is 9.16. The number of benzene rings is 1. The first kappa shape index (κ1) is 21.3. The van der Waals surface area contributed by atoms with Crippen molar-refractivity contribution in [3.8, 4) is 11.5 Å². The van der Waals surface area contributed by atoms with Gasteiger partial charge in [0, 0.05) is 23.9 Å². The van der Waals surface area contributed by atoms with Crippen LogP contribution in [0.1, 0.15) is 51.5 Å². The Morgan fingerprint density at radius 3 is 2.46 bits per heavy atom. The van der Waals surface area contributed by atoms with Crippen molar-refractivity contribution >= 4 is 18.3 Å². The number of nitrogens with one attached hydrogen (secondary N) is 1. The van der Waals surface area contributed by atoms with Crippen molar-refractivity contribution in [1.82, 2.24) is 5.32 Å². The lowest BCUT2D eigenvalue weighted by Gasteiger charge is -2.43. The van der Waals surface area contributed by atoms with Crippen molar-refractivity contribution in [3.63, 3.8) is 0 Å². The highest BCUT2D eigenvalue weighted by atomic mass is 35.5. The van der Waals surface area contributed by atoms with E-state index < -0.39 is 0 Å². The van der Waals surface area contributed by atoms with E-state index in [9.17, 15) is 4.79 Å². The van der Waals surface area contributed by atoms with Crippen molar-refractivity contribution in [2.24, 2.45) is 23.5 Å². The van der Waals surface area contributed by atoms with Crippen molar-refractivity contribution in [1.29, 1.82) is 0 Å². The Bertz CT molecular complexity index is 695. The fraction of sp³-hybridized carbons (Fsp3) is 0.682. The Kier molecular flexibility index (Phi) is 6.45. The van der Waals surface area contributed by atoms with Crippen molar-refractivity contribution in [2.75, 3.05) is 19.8 Å². The van der Waals surface area contributed by atoms with E-state index in [2.05, 4.69) is 25.2 Å². The van der Waals surface area contributed by atoms with E-state index in [0.717, 1.165) is 29.9 Å². The molecular weight excluding hydrogens is 376 g/mol. The van der Waals surface area contributed by atoms with E-state index in [1.54, 1.807) is 0 Å². The minimum atomic E-state index is -0.174. The van der Waals surface area contributed by atoms with Crippen LogP contribution in [0, 0.1) is 17.8 Å². The van der Waals surface area contributed by atoms with Gasteiger partial charge in [0.2, 0.25) is 5.91 Å². The maximum absolute atomic E-state index is 12.8. The van der Waals surface area contributed by atoms with Crippen LogP contribution >= 0.6 is 12.4 Å². The minimum absolute atomic E-state index is 0. The molecule has 0 radical (unpaired) electrons. The average molecular weight is 409 g/mol. The van der Waals surface area contributed by atoms with Gasteiger partial charge >= 0.3 is 0 Å². The number of ether oxygens (including phenoxy) is 2. The molecule has 2 saturated carbocycles. The molecular formula is C22H33ClN2O3. The number of fused-ring (bicyclic) bond motifs is 3. The van der Waals surface area contributed by atoms with Crippen LogP contribution in [0.2, 0.25) is 0 Å². The summed E-state index contributed by atoms with van der Waals surface area (Å²) < 4.78 is 11.3. The van der Waals surface area contributed by atoms with Gasteiger partial charge in [0.05, 0.1) is 0 Å². The Hall–Kier alpha value is -1.46. The Morgan fingerprint density at radius 2 is 1.79 bits per heavy atom. The fourth-order valence-corrected chi connectivity index (χ4v) is 5.02. The largest absolute Gasteiger partial charge is 0.486 e. The van der Waals surface area contributed by atoms with Crippen LogP contribution in [0.4, 0.5) is 0 Å². The summed E-state index contributed by atoms with van der Waals surface area (Å²) >= 11 is 0.